The molecule has 20 heavy (non-hydrogen) atoms. The molecule has 0 radical (unpaired) electrons. The molecule has 2 rings (SSSR count). The summed E-state index contributed by atoms with van der Waals surface area (Å²) in [4.78, 5) is 13.4. The standard InChI is InChI=1S/C15H22N4S/c1-10-17-7-6-11(18-10)12(16-5)8-14-19-13(9-20-14)15(2,3)4/h6-7,9,12,16H,8H2,1-5H3. The maximum atomic E-state index is 4.75. The monoisotopic (exact) mass is 290 g/mol. The summed E-state index contributed by atoms with van der Waals surface area (Å²) in [6.45, 7) is 8.48. The van der Waals surface area contributed by atoms with Crippen molar-refractivity contribution in [2.45, 2.75) is 45.6 Å². The molecule has 1 atom stereocenters. The third-order valence-corrected chi connectivity index (χ3v) is 4.07. The van der Waals surface area contributed by atoms with E-state index >= 15 is 0 Å². The van der Waals surface area contributed by atoms with Gasteiger partial charge in [-0.05, 0) is 20.0 Å². The van der Waals surface area contributed by atoms with Crippen LogP contribution in [0.2, 0.25) is 0 Å². The largest absolute Gasteiger partial charge is 0.311 e. The summed E-state index contributed by atoms with van der Waals surface area (Å²) in [6, 6.07) is 2.14. The number of rotatable bonds is 4. The quantitative estimate of drug-likeness (QED) is 0.940. The molecule has 2 heterocycles. The zero-order valence-corrected chi connectivity index (χ0v) is 13.6. The van der Waals surface area contributed by atoms with E-state index in [1.807, 2.05) is 26.2 Å². The minimum atomic E-state index is 0.107. The molecule has 1 N–H and O–H groups in total. The van der Waals surface area contributed by atoms with Gasteiger partial charge in [0.15, 0.2) is 0 Å². The molecule has 2 aromatic heterocycles. The Balaban J connectivity index is 2.16. The Morgan fingerprint density at radius 3 is 2.60 bits per heavy atom. The van der Waals surface area contributed by atoms with Crippen LogP contribution in [0.15, 0.2) is 17.6 Å². The van der Waals surface area contributed by atoms with E-state index in [-0.39, 0.29) is 11.5 Å². The second-order valence-corrected chi connectivity index (χ2v) is 6.89. The summed E-state index contributed by atoms with van der Waals surface area (Å²) in [6.07, 6.45) is 2.66. The van der Waals surface area contributed by atoms with Gasteiger partial charge in [0.05, 0.1) is 22.4 Å². The van der Waals surface area contributed by atoms with Crippen molar-refractivity contribution in [3.05, 3.63) is 39.9 Å². The van der Waals surface area contributed by atoms with Crippen molar-refractivity contribution in [1.29, 1.82) is 0 Å². The predicted octanol–water partition coefficient (Wildman–Crippen LogP) is 3.04. The van der Waals surface area contributed by atoms with Crippen LogP contribution in [0.5, 0.6) is 0 Å². The first-order valence-electron chi connectivity index (χ1n) is 6.82. The van der Waals surface area contributed by atoms with Crippen molar-refractivity contribution >= 4 is 11.3 Å². The first-order chi connectivity index (χ1) is 9.40. The number of likely N-dealkylation sites (N-methyl/N-ethyl adjacent to an activating group) is 1. The number of aryl methyl sites for hydroxylation is 1. The van der Waals surface area contributed by atoms with Crippen LogP contribution in [-0.4, -0.2) is 22.0 Å². The van der Waals surface area contributed by atoms with Gasteiger partial charge in [0.25, 0.3) is 0 Å². The Morgan fingerprint density at radius 1 is 1.30 bits per heavy atom. The maximum Gasteiger partial charge on any atom is 0.125 e. The first kappa shape index (κ1) is 15.1. The van der Waals surface area contributed by atoms with Crippen LogP contribution in [0.3, 0.4) is 0 Å². The molecule has 0 aliphatic carbocycles. The van der Waals surface area contributed by atoms with Gasteiger partial charge in [0, 0.05) is 23.4 Å². The Hall–Kier alpha value is -1.33. The van der Waals surface area contributed by atoms with E-state index in [0.717, 1.165) is 28.6 Å². The molecule has 0 fully saturated rings. The Kier molecular flexibility index (Phi) is 4.50. The SMILES string of the molecule is CNC(Cc1nc(C(C)(C)C)cs1)c1ccnc(C)n1. The highest BCUT2D eigenvalue weighted by Gasteiger charge is 2.19. The molecule has 0 saturated heterocycles. The second-order valence-electron chi connectivity index (χ2n) is 5.95. The number of nitrogens with zero attached hydrogens (tertiary/aromatic N) is 3. The van der Waals surface area contributed by atoms with Crippen LogP contribution in [0, 0.1) is 6.92 Å². The first-order valence-corrected chi connectivity index (χ1v) is 7.70. The summed E-state index contributed by atoms with van der Waals surface area (Å²) in [5.74, 6) is 0.803. The fourth-order valence-electron chi connectivity index (χ4n) is 1.95. The third-order valence-electron chi connectivity index (χ3n) is 3.20. The van der Waals surface area contributed by atoms with Crippen LogP contribution in [0.1, 0.15) is 49.0 Å². The van der Waals surface area contributed by atoms with E-state index in [1.54, 1.807) is 11.3 Å². The summed E-state index contributed by atoms with van der Waals surface area (Å²) in [5, 5.41) is 6.62. The van der Waals surface area contributed by atoms with Gasteiger partial charge >= 0.3 is 0 Å². The summed E-state index contributed by atoms with van der Waals surface area (Å²) in [5.41, 5.74) is 2.29. The fraction of sp³-hybridized carbons (Fsp3) is 0.533. The number of hydrogen-bond donors (Lipinski definition) is 1. The van der Waals surface area contributed by atoms with Crippen LogP contribution in [0.25, 0.3) is 0 Å². The lowest BCUT2D eigenvalue weighted by Gasteiger charge is -2.16. The summed E-state index contributed by atoms with van der Waals surface area (Å²) >= 11 is 1.72. The van der Waals surface area contributed by atoms with E-state index in [2.05, 4.69) is 41.4 Å². The van der Waals surface area contributed by atoms with Crippen LogP contribution < -0.4 is 5.32 Å². The smallest absolute Gasteiger partial charge is 0.125 e. The normalized spacial score (nSPS) is 13.4. The Morgan fingerprint density at radius 2 is 2.05 bits per heavy atom. The highest BCUT2D eigenvalue weighted by molar-refractivity contribution is 7.09. The number of nitrogens with one attached hydrogen (secondary N) is 1. The minimum absolute atomic E-state index is 0.107. The molecule has 0 bridgehead atoms. The Bertz CT molecular complexity index is 571. The van der Waals surface area contributed by atoms with Crippen LogP contribution in [0.4, 0.5) is 0 Å². The molecule has 0 spiro atoms. The molecule has 0 amide bonds. The zero-order valence-electron chi connectivity index (χ0n) is 12.8. The highest BCUT2D eigenvalue weighted by Crippen LogP contribution is 2.26. The lowest BCUT2D eigenvalue weighted by atomic mass is 9.93. The zero-order chi connectivity index (χ0) is 14.8. The average Bonchev–Trinajstić information content (AvgIpc) is 2.84. The molecule has 108 valence electrons. The van der Waals surface area contributed by atoms with Crippen molar-refractivity contribution in [1.82, 2.24) is 20.3 Å². The van der Waals surface area contributed by atoms with E-state index < -0.39 is 0 Å². The van der Waals surface area contributed by atoms with Crippen molar-refractivity contribution < 1.29 is 0 Å². The van der Waals surface area contributed by atoms with Gasteiger partial charge in [-0.25, -0.2) is 15.0 Å². The van der Waals surface area contributed by atoms with Crippen LogP contribution in [-0.2, 0) is 11.8 Å². The average molecular weight is 290 g/mol. The minimum Gasteiger partial charge on any atom is -0.311 e. The van der Waals surface area contributed by atoms with E-state index in [1.165, 1.54) is 0 Å². The Labute approximate surface area is 124 Å². The molecule has 2 aromatic rings. The molecule has 0 aliphatic heterocycles. The van der Waals surface area contributed by atoms with Gasteiger partial charge < -0.3 is 5.32 Å². The van der Waals surface area contributed by atoms with E-state index in [9.17, 15) is 0 Å². The summed E-state index contributed by atoms with van der Waals surface area (Å²) in [7, 11) is 1.96. The topological polar surface area (TPSA) is 50.7 Å². The molecule has 0 aliphatic rings. The van der Waals surface area contributed by atoms with Gasteiger partial charge in [-0.1, -0.05) is 20.8 Å². The van der Waals surface area contributed by atoms with Crippen molar-refractivity contribution in [3.8, 4) is 0 Å². The maximum absolute atomic E-state index is 4.75. The lowest BCUT2D eigenvalue weighted by molar-refractivity contribution is 0.553. The van der Waals surface area contributed by atoms with Crippen molar-refractivity contribution in [2.75, 3.05) is 7.05 Å². The predicted molar refractivity (Wildman–Crippen MR) is 83.1 cm³/mol. The number of aromatic nitrogens is 3. The van der Waals surface area contributed by atoms with Gasteiger partial charge in [0.1, 0.15) is 5.82 Å². The highest BCUT2D eigenvalue weighted by atomic mass is 32.1. The van der Waals surface area contributed by atoms with Crippen molar-refractivity contribution in [3.63, 3.8) is 0 Å². The third kappa shape index (κ3) is 3.61. The van der Waals surface area contributed by atoms with Gasteiger partial charge in [0.2, 0.25) is 0 Å². The molecule has 1 unspecified atom stereocenters. The molecular weight excluding hydrogens is 268 g/mol. The molecule has 0 saturated carbocycles. The lowest BCUT2D eigenvalue weighted by Crippen LogP contribution is -2.20. The van der Waals surface area contributed by atoms with Gasteiger partial charge in [-0.2, -0.15) is 0 Å². The number of thiazole rings is 1. The molecule has 4 nitrogen and oxygen atoms in total. The van der Waals surface area contributed by atoms with Gasteiger partial charge in [-0.3, -0.25) is 0 Å². The summed E-state index contributed by atoms with van der Waals surface area (Å²) < 4.78 is 0. The second kappa shape index (κ2) is 5.97. The number of hydrogen-bond acceptors (Lipinski definition) is 5. The molecule has 5 heteroatoms. The van der Waals surface area contributed by atoms with E-state index in [0.29, 0.717) is 0 Å². The molecular formula is C15H22N4S. The molecule has 0 aromatic carbocycles. The fourth-order valence-corrected chi connectivity index (χ4v) is 3.01. The van der Waals surface area contributed by atoms with Gasteiger partial charge in [-0.15, -0.1) is 11.3 Å². The van der Waals surface area contributed by atoms with Crippen LogP contribution >= 0.6 is 11.3 Å². The van der Waals surface area contributed by atoms with Crippen molar-refractivity contribution in [2.24, 2.45) is 0 Å². The van der Waals surface area contributed by atoms with E-state index in [4.69, 9.17) is 4.98 Å².